The zero-order chi connectivity index (χ0) is 19.3. The Kier molecular flexibility index (Phi) is 6.80. The summed E-state index contributed by atoms with van der Waals surface area (Å²) in [5.74, 6) is 0.00241. The zero-order valence-electron chi connectivity index (χ0n) is 15.8. The van der Waals surface area contributed by atoms with Crippen LogP contribution in [0.1, 0.15) is 19.8 Å². The van der Waals surface area contributed by atoms with Gasteiger partial charge in [-0.15, -0.1) is 0 Å². The monoisotopic (exact) mass is 396 g/mol. The van der Waals surface area contributed by atoms with Crippen molar-refractivity contribution in [3.63, 3.8) is 0 Å². The van der Waals surface area contributed by atoms with Gasteiger partial charge in [0.15, 0.2) is 0 Å². The number of morpholine rings is 1. The molecule has 1 atom stereocenters. The van der Waals surface area contributed by atoms with Crippen molar-refractivity contribution in [3.05, 3.63) is 24.5 Å². The second kappa shape index (κ2) is 9.09. The smallest absolute Gasteiger partial charge is 0.244 e. The molecular formula is C18H28N4O4S. The summed E-state index contributed by atoms with van der Waals surface area (Å²) >= 11 is 0. The molecule has 2 aliphatic rings. The molecule has 0 spiro atoms. The first-order valence-corrected chi connectivity index (χ1v) is 10.9. The Balaban J connectivity index is 1.56. The van der Waals surface area contributed by atoms with Crippen molar-refractivity contribution < 1.29 is 17.9 Å². The number of hydrogen-bond donors (Lipinski definition) is 0. The number of sulfonamides is 1. The number of aromatic nitrogens is 1. The van der Waals surface area contributed by atoms with Crippen LogP contribution < -0.4 is 0 Å². The van der Waals surface area contributed by atoms with Gasteiger partial charge in [0.2, 0.25) is 15.9 Å². The molecule has 3 rings (SSSR count). The molecule has 1 aromatic rings. The highest BCUT2D eigenvalue weighted by molar-refractivity contribution is 7.89. The van der Waals surface area contributed by atoms with E-state index in [1.165, 1.54) is 10.5 Å². The van der Waals surface area contributed by atoms with E-state index >= 15 is 0 Å². The maximum absolute atomic E-state index is 12.8. The summed E-state index contributed by atoms with van der Waals surface area (Å²) in [6.07, 6.45) is 4.47. The number of hydrogen-bond acceptors (Lipinski definition) is 6. The van der Waals surface area contributed by atoms with E-state index in [0.29, 0.717) is 26.1 Å². The highest BCUT2D eigenvalue weighted by Crippen LogP contribution is 2.23. The Labute approximate surface area is 161 Å². The molecule has 9 heteroatoms. The molecule has 0 saturated carbocycles. The molecule has 27 heavy (non-hydrogen) atoms. The van der Waals surface area contributed by atoms with Crippen molar-refractivity contribution in [3.8, 4) is 0 Å². The van der Waals surface area contributed by atoms with Gasteiger partial charge in [-0.3, -0.25) is 14.7 Å². The molecule has 0 N–H and O–H groups in total. The Morgan fingerprint density at radius 1 is 1.33 bits per heavy atom. The highest BCUT2D eigenvalue weighted by atomic mass is 32.2. The first-order valence-electron chi connectivity index (χ1n) is 9.46. The topological polar surface area (TPSA) is 83.0 Å². The number of carbonyl (C=O) groups is 1. The number of pyridine rings is 1. The Bertz CT molecular complexity index is 722. The molecule has 2 fully saturated rings. The molecule has 1 amide bonds. The summed E-state index contributed by atoms with van der Waals surface area (Å²) in [6.45, 7) is 7.30. The standard InChI is InChI=1S/C18H28N4O4S/c1-16(23)22(8-3-7-20-10-12-26-13-11-20)17-5-9-21(15-17)27(24,25)18-4-2-6-19-14-18/h2,4,6,14,17H,3,5,7-13,15H2,1H3. The zero-order valence-corrected chi connectivity index (χ0v) is 16.6. The van der Waals surface area contributed by atoms with E-state index in [0.717, 1.165) is 39.3 Å². The highest BCUT2D eigenvalue weighted by Gasteiger charge is 2.36. The lowest BCUT2D eigenvalue weighted by atomic mass is 10.2. The van der Waals surface area contributed by atoms with Crippen molar-refractivity contribution in [1.82, 2.24) is 19.1 Å². The quantitative estimate of drug-likeness (QED) is 0.664. The van der Waals surface area contributed by atoms with E-state index in [1.54, 1.807) is 25.3 Å². The SMILES string of the molecule is CC(=O)N(CCCN1CCOCC1)C1CCN(S(=O)(=O)c2cccnc2)C1. The van der Waals surface area contributed by atoms with Gasteiger partial charge in [-0.05, 0) is 25.0 Å². The lowest BCUT2D eigenvalue weighted by Gasteiger charge is -2.30. The van der Waals surface area contributed by atoms with Gasteiger partial charge in [0, 0.05) is 64.6 Å². The summed E-state index contributed by atoms with van der Waals surface area (Å²) in [4.78, 5) is 20.4. The van der Waals surface area contributed by atoms with E-state index in [1.807, 2.05) is 4.90 Å². The molecule has 3 heterocycles. The predicted octanol–water partition coefficient (Wildman–Crippen LogP) is 0.415. The lowest BCUT2D eigenvalue weighted by molar-refractivity contribution is -0.131. The van der Waals surface area contributed by atoms with Gasteiger partial charge in [0.25, 0.3) is 0 Å². The van der Waals surface area contributed by atoms with E-state index in [4.69, 9.17) is 4.74 Å². The third-order valence-electron chi connectivity index (χ3n) is 5.22. The Hall–Kier alpha value is -1.55. The van der Waals surface area contributed by atoms with E-state index in [9.17, 15) is 13.2 Å². The van der Waals surface area contributed by atoms with E-state index in [-0.39, 0.29) is 16.8 Å². The fourth-order valence-corrected chi connectivity index (χ4v) is 5.18. The minimum atomic E-state index is -3.56. The van der Waals surface area contributed by atoms with Gasteiger partial charge in [0.05, 0.1) is 13.2 Å². The van der Waals surface area contributed by atoms with Crippen LogP contribution in [0.3, 0.4) is 0 Å². The van der Waals surface area contributed by atoms with Crippen LogP contribution in [0.4, 0.5) is 0 Å². The molecule has 150 valence electrons. The molecule has 2 saturated heterocycles. The van der Waals surface area contributed by atoms with Crippen molar-refractivity contribution >= 4 is 15.9 Å². The van der Waals surface area contributed by atoms with Crippen LogP contribution in [0.5, 0.6) is 0 Å². The fourth-order valence-electron chi connectivity index (χ4n) is 3.72. The molecule has 0 aromatic carbocycles. The summed E-state index contributed by atoms with van der Waals surface area (Å²) in [5.41, 5.74) is 0. The minimum absolute atomic E-state index is 0.00241. The second-order valence-electron chi connectivity index (χ2n) is 7.01. The maximum atomic E-state index is 12.8. The van der Waals surface area contributed by atoms with Crippen molar-refractivity contribution in [2.45, 2.75) is 30.7 Å². The number of amides is 1. The minimum Gasteiger partial charge on any atom is -0.379 e. The molecular weight excluding hydrogens is 368 g/mol. The molecule has 1 unspecified atom stereocenters. The summed E-state index contributed by atoms with van der Waals surface area (Å²) in [6, 6.07) is 3.10. The predicted molar refractivity (Wildman–Crippen MR) is 101 cm³/mol. The third kappa shape index (κ3) is 5.04. The number of nitrogens with zero attached hydrogens (tertiary/aromatic N) is 4. The van der Waals surface area contributed by atoms with Crippen LogP contribution in [0.15, 0.2) is 29.4 Å². The van der Waals surface area contributed by atoms with Gasteiger partial charge in [-0.2, -0.15) is 4.31 Å². The van der Waals surface area contributed by atoms with Crippen molar-refractivity contribution in [2.75, 3.05) is 52.5 Å². The molecule has 0 radical (unpaired) electrons. The van der Waals surface area contributed by atoms with Crippen LogP contribution in [0.25, 0.3) is 0 Å². The van der Waals surface area contributed by atoms with Crippen molar-refractivity contribution in [1.29, 1.82) is 0 Å². The molecule has 8 nitrogen and oxygen atoms in total. The Morgan fingerprint density at radius 2 is 2.11 bits per heavy atom. The maximum Gasteiger partial charge on any atom is 0.244 e. The number of ether oxygens (including phenoxy) is 1. The third-order valence-corrected chi connectivity index (χ3v) is 7.07. The van der Waals surface area contributed by atoms with Gasteiger partial charge in [0.1, 0.15) is 4.90 Å². The van der Waals surface area contributed by atoms with Gasteiger partial charge >= 0.3 is 0 Å². The average molecular weight is 397 g/mol. The van der Waals surface area contributed by atoms with Crippen molar-refractivity contribution in [2.24, 2.45) is 0 Å². The van der Waals surface area contributed by atoms with E-state index in [2.05, 4.69) is 9.88 Å². The van der Waals surface area contributed by atoms with Crippen LogP contribution in [-0.2, 0) is 19.6 Å². The molecule has 1 aromatic heterocycles. The first-order chi connectivity index (χ1) is 13.0. The van der Waals surface area contributed by atoms with Gasteiger partial charge < -0.3 is 9.64 Å². The number of rotatable bonds is 7. The second-order valence-corrected chi connectivity index (χ2v) is 8.95. The normalized spacial score (nSPS) is 22.0. The molecule has 0 bridgehead atoms. The van der Waals surface area contributed by atoms with Crippen LogP contribution >= 0.6 is 0 Å². The van der Waals surface area contributed by atoms with E-state index < -0.39 is 10.0 Å². The van der Waals surface area contributed by atoms with Crippen LogP contribution in [-0.4, -0.2) is 91.9 Å². The summed E-state index contributed by atoms with van der Waals surface area (Å²) < 4.78 is 32.3. The van der Waals surface area contributed by atoms with Gasteiger partial charge in [-0.25, -0.2) is 8.42 Å². The average Bonchev–Trinajstić information content (AvgIpc) is 3.17. The van der Waals surface area contributed by atoms with Crippen LogP contribution in [0.2, 0.25) is 0 Å². The summed E-state index contributed by atoms with van der Waals surface area (Å²) in [5, 5.41) is 0. The Morgan fingerprint density at radius 3 is 2.78 bits per heavy atom. The molecule has 0 aliphatic carbocycles. The van der Waals surface area contributed by atoms with Crippen LogP contribution in [0, 0.1) is 0 Å². The largest absolute Gasteiger partial charge is 0.379 e. The van der Waals surface area contributed by atoms with Gasteiger partial charge in [-0.1, -0.05) is 0 Å². The first kappa shape index (κ1) is 20.2. The molecule has 2 aliphatic heterocycles. The number of carbonyl (C=O) groups excluding carboxylic acids is 1. The fraction of sp³-hybridized carbons (Fsp3) is 0.667. The summed E-state index contributed by atoms with van der Waals surface area (Å²) in [7, 11) is -3.56. The lowest BCUT2D eigenvalue weighted by Crippen LogP contribution is -2.43.